The summed E-state index contributed by atoms with van der Waals surface area (Å²) >= 11 is 0. The molecule has 0 atom stereocenters. The maximum Gasteiger partial charge on any atom is 0.279 e. The van der Waals surface area contributed by atoms with Crippen molar-refractivity contribution in [1.29, 1.82) is 0 Å². The number of amides is 1. The number of benzene rings is 2. The quantitative estimate of drug-likeness (QED) is 0.591. The van der Waals surface area contributed by atoms with Crippen molar-refractivity contribution < 1.29 is 19.6 Å². The van der Waals surface area contributed by atoms with E-state index in [1.165, 1.54) is 24.0 Å². The zero-order chi connectivity index (χ0) is 19.9. The van der Waals surface area contributed by atoms with Gasteiger partial charge in [-0.25, -0.2) is 0 Å². The Morgan fingerprint density at radius 1 is 0.963 bits per heavy atom. The van der Waals surface area contributed by atoms with Gasteiger partial charge in [0.05, 0.1) is 32.1 Å². The first-order valence-electron chi connectivity index (χ1n) is 7.73. The highest BCUT2D eigenvalue weighted by Gasteiger charge is 2.32. The van der Waals surface area contributed by atoms with Crippen LogP contribution in [0.2, 0.25) is 0 Å². The van der Waals surface area contributed by atoms with Crippen LogP contribution >= 0.6 is 0 Å². The van der Waals surface area contributed by atoms with Gasteiger partial charge in [0.25, 0.3) is 23.0 Å². The van der Waals surface area contributed by atoms with Crippen LogP contribution in [0.15, 0.2) is 30.3 Å². The summed E-state index contributed by atoms with van der Waals surface area (Å²) in [5.41, 5.74) is -0.464. The molecule has 138 valence electrons. The Morgan fingerprint density at radius 3 is 2.22 bits per heavy atom. The fraction of sp³-hybridized carbons (Fsp3) is 0.188. The number of anilines is 1. The van der Waals surface area contributed by atoms with Gasteiger partial charge in [0.1, 0.15) is 0 Å². The number of fused-ring (bicyclic) bond motifs is 1. The first-order chi connectivity index (χ1) is 12.7. The summed E-state index contributed by atoms with van der Waals surface area (Å²) in [5, 5.41) is 33.3. The van der Waals surface area contributed by atoms with E-state index >= 15 is 0 Å². The van der Waals surface area contributed by atoms with Crippen molar-refractivity contribution in [2.45, 2.75) is 13.3 Å². The van der Waals surface area contributed by atoms with Gasteiger partial charge in [-0.2, -0.15) is 0 Å². The molecule has 0 unspecified atom stereocenters. The number of hydrogen-bond acceptors (Lipinski definition) is 7. The minimum Gasteiger partial charge on any atom is -0.307 e. The Balaban J connectivity index is 2.11. The number of rotatable bonds is 4. The van der Waals surface area contributed by atoms with E-state index in [1.54, 1.807) is 6.07 Å². The van der Waals surface area contributed by atoms with E-state index in [2.05, 4.69) is 0 Å². The van der Waals surface area contributed by atoms with Crippen LogP contribution in [0, 0.1) is 37.3 Å². The number of hydrogen-bond donors (Lipinski definition) is 0. The monoisotopic (exact) mass is 372 g/mol. The summed E-state index contributed by atoms with van der Waals surface area (Å²) in [4.78, 5) is 45.3. The molecule has 2 aromatic carbocycles. The molecule has 0 fully saturated rings. The Hall–Kier alpha value is -3.89. The zero-order valence-corrected chi connectivity index (χ0v) is 13.9. The minimum atomic E-state index is -0.814. The molecular weight excluding hydrogens is 360 g/mol. The Morgan fingerprint density at radius 2 is 1.63 bits per heavy atom. The van der Waals surface area contributed by atoms with Crippen LogP contribution in [0.1, 0.15) is 21.5 Å². The summed E-state index contributed by atoms with van der Waals surface area (Å²) in [7, 11) is 0. The van der Waals surface area contributed by atoms with Crippen molar-refractivity contribution in [3.63, 3.8) is 0 Å². The molecule has 0 saturated heterocycles. The van der Waals surface area contributed by atoms with Gasteiger partial charge in [0.15, 0.2) is 0 Å². The second-order valence-corrected chi connectivity index (χ2v) is 5.93. The third-order valence-corrected chi connectivity index (χ3v) is 4.42. The maximum absolute atomic E-state index is 13.0. The average molecular weight is 372 g/mol. The number of non-ortho nitro benzene ring substituents is 2. The lowest BCUT2D eigenvalue weighted by atomic mass is 10.0. The molecule has 0 aromatic heterocycles. The fourth-order valence-corrected chi connectivity index (χ4v) is 3.04. The SMILES string of the molecule is Cc1c(C(=O)N2CCc3ccc([N+](=O)[O-])cc32)cc([N+](=O)[O-])cc1[N+](=O)[O-]. The highest BCUT2D eigenvalue weighted by atomic mass is 16.6. The van der Waals surface area contributed by atoms with E-state index in [0.29, 0.717) is 17.7 Å². The first kappa shape index (κ1) is 17.9. The van der Waals surface area contributed by atoms with Crippen LogP contribution in [0.4, 0.5) is 22.7 Å². The second kappa shape index (κ2) is 6.44. The molecule has 1 aliphatic heterocycles. The van der Waals surface area contributed by atoms with Gasteiger partial charge >= 0.3 is 0 Å². The molecule has 0 N–H and O–H groups in total. The zero-order valence-electron chi connectivity index (χ0n) is 13.9. The summed E-state index contributed by atoms with van der Waals surface area (Å²) in [6, 6.07) is 5.91. The summed E-state index contributed by atoms with van der Waals surface area (Å²) < 4.78 is 0. The van der Waals surface area contributed by atoms with Crippen molar-refractivity contribution in [3.05, 3.63) is 77.4 Å². The molecule has 0 saturated carbocycles. The van der Waals surface area contributed by atoms with Gasteiger partial charge in [-0.05, 0) is 18.9 Å². The predicted octanol–water partition coefficient (Wildman–Crippen LogP) is 2.92. The molecule has 0 spiro atoms. The van der Waals surface area contributed by atoms with Gasteiger partial charge in [0.2, 0.25) is 0 Å². The van der Waals surface area contributed by atoms with Crippen LogP contribution in [-0.2, 0) is 6.42 Å². The summed E-state index contributed by atoms with van der Waals surface area (Å²) in [5.74, 6) is -0.682. The Kier molecular flexibility index (Phi) is 4.27. The van der Waals surface area contributed by atoms with Crippen LogP contribution in [-0.4, -0.2) is 27.2 Å². The number of carbonyl (C=O) groups excluding carboxylic acids is 1. The molecule has 1 heterocycles. The number of nitrogens with zero attached hydrogens (tertiary/aromatic N) is 4. The molecule has 0 aliphatic carbocycles. The summed E-state index contributed by atoms with van der Waals surface area (Å²) in [6.07, 6.45) is 0.454. The smallest absolute Gasteiger partial charge is 0.279 e. The van der Waals surface area contributed by atoms with E-state index < -0.39 is 32.1 Å². The van der Waals surface area contributed by atoms with Crippen LogP contribution in [0.25, 0.3) is 0 Å². The van der Waals surface area contributed by atoms with Gasteiger partial charge in [-0.1, -0.05) is 6.07 Å². The maximum atomic E-state index is 13.0. The molecular formula is C16H12N4O7. The Bertz CT molecular complexity index is 1020. The lowest BCUT2D eigenvalue weighted by Gasteiger charge is -2.18. The first-order valence-corrected chi connectivity index (χ1v) is 7.73. The van der Waals surface area contributed by atoms with Gasteiger partial charge in [-0.15, -0.1) is 0 Å². The highest BCUT2D eigenvalue weighted by molar-refractivity contribution is 6.09. The van der Waals surface area contributed by atoms with E-state index in [0.717, 1.165) is 12.1 Å². The van der Waals surface area contributed by atoms with Crippen molar-refractivity contribution in [2.24, 2.45) is 0 Å². The van der Waals surface area contributed by atoms with Crippen LogP contribution < -0.4 is 4.90 Å². The molecule has 11 nitrogen and oxygen atoms in total. The summed E-state index contributed by atoms with van der Waals surface area (Å²) in [6.45, 7) is 1.55. The van der Waals surface area contributed by atoms with Gasteiger partial charge in [-0.3, -0.25) is 35.1 Å². The van der Waals surface area contributed by atoms with E-state index in [1.807, 2.05) is 0 Å². The molecule has 0 radical (unpaired) electrons. The lowest BCUT2D eigenvalue weighted by Crippen LogP contribution is -2.29. The molecule has 1 amide bonds. The van der Waals surface area contributed by atoms with Gasteiger partial charge in [0, 0.05) is 30.3 Å². The topological polar surface area (TPSA) is 150 Å². The lowest BCUT2D eigenvalue weighted by molar-refractivity contribution is -0.394. The molecule has 3 rings (SSSR count). The van der Waals surface area contributed by atoms with Crippen molar-refractivity contribution in [3.8, 4) is 0 Å². The highest BCUT2D eigenvalue weighted by Crippen LogP contribution is 2.35. The number of nitro benzene ring substituents is 3. The van der Waals surface area contributed by atoms with E-state index in [4.69, 9.17) is 0 Å². The second-order valence-electron chi connectivity index (χ2n) is 5.93. The fourth-order valence-electron chi connectivity index (χ4n) is 3.04. The Labute approximate surface area is 151 Å². The molecule has 27 heavy (non-hydrogen) atoms. The molecule has 2 aromatic rings. The van der Waals surface area contributed by atoms with E-state index in [9.17, 15) is 35.1 Å². The average Bonchev–Trinajstić information content (AvgIpc) is 3.03. The third kappa shape index (κ3) is 3.05. The largest absolute Gasteiger partial charge is 0.307 e. The minimum absolute atomic E-state index is 0.00511. The van der Waals surface area contributed by atoms with Gasteiger partial charge < -0.3 is 4.90 Å². The predicted molar refractivity (Wildman–Crippen MR) is 93.0 cm³/mol. The molecule has 0 bridgehead atoms. The molecule has 11 heteroatoms. The normalized spacial score (nSPS) is 12.6. The number of carbonyl (C=O) groups is 1. The van der Waals surface area contributed by atoms with Crippen molar-refractivity contribution in [1.82, 2.24) is 0 Å². The van der Waals surface area contributed by atoms with E-state index in [-0.39, 0.29) is 23.4 Å². The van der Waals surface area contributed by atoms with Crippen LogP contribution in [0.3, 0.4) is 0 Å². The van der Waals surface area contributed by atoms with Crippen molar-refractivity contribution in [2.75, 3.05) is 11.4 Å². The molecule has 1 aliphatic rings. The van der Waals surface area contributed by atoms with Crippen LogP contribution in [0.5, 0.6) is 0 Å². The number of nitro groups is 3. The third-order valence-electron chi connectivity index (χ3n) is 4.42. The van der Waals surface area contributed by atoms with Crippen molar-refractivity contribution >= 4 is 28.7 Å². The standard InChI is InChI=1S/C16H12N4O7/c1-9-13(6-12(19(24)25)8-14(9)20(26)27)16(21)17-5-4-10-2-3-11(18(22)23)7-15(10)17/h2-3,6-8H,4-5H2,1H3.